The molecule has 1 aliphatic rings. The highest BCUT2D eigenvalue weighted by molar-refractivity contribution is 7.92. The zero-order valence-electron chi connectivity index (χ0n) is 17.7. The van der Waals surface area contributed by atoms with E-state index in [1.54, 1.807) is 24.3 Å². The third kappa shape index (κ3) is 5.31. The molecule has 0 bridgehead atoms. The molecule has 1 fully saturated rings. The van der Waals surface area contributed by atoms with E-state index in [2.05, 4.69) is 0 Å². The molecular formula is C23H31NO4S. The van der Waals surface area contributed by atoms with Gasteiger partial charge in [0.15, 0.2) is 0 Å². The van der Waals surface area contributed by atoms with Crippen molar-refractivity contribution in [2.24, 2.45) is 5.92 Å². The van der Waals surface area contributed by atoms with Crippen molar-refractivity contribution in [3.63, 3.8) is 0 Å². The van der Waals surface area contributed by atoms with Crippen LogP contribution in [0, 0.1) is 19.8 Å². The van der Waals surface area contributed by atoms with E-state index in [0.29, 0.717) is 25.5 Å². The summed E-state index contributed by atoms with van der Waals surface area (Å²) in [5.74, 6) is 0.888. The summed E-state index contributed by atoms with van der Waals surface area (Å²) in [7, 11) is -3.68. The van der Waals surface area contributed by atoms with E-state index in [4.69, 9.17) is 9.47 Å². The van der Waals surface area contributed by atoms with Crippen molar-refractivity contribution in [2.45, 2.75) is 51.5 Å². The average Bonchev–Trinajstić information content (AvgIpc) is 2.68. The zero-order chi connectivity index (χ0) is 21.0. The van der Waals surface area contributed by atoms with E-state index in [1.165, 1.54) is 4.31 Å². The van der Waals surface area contributed by atoms with Crippen LogP contribution in [0.1, 0.15) is 37.8 Å². The van der Waals surface area contributed by atoms with Gasteiger partial charge in [-0.1, -0.05) is 31.5 Å². The Kier molecular flexibility index (Phi) is 6.85. The number of hydrogen-bond donors (Lipinski definition) is 0. The van der Waals surface area contributed by atoms with E-state index >= 15 is 0 Å². The monoisotopic (exact) mass is 417 g/mol. The number of ether oxygens (including phenoxy) is 2. The Morgan fingerprint density at radius 3 is 2.31 bits per heavy atom. The molecule has 158 valence electrons. The molecule has 29 heavy (non-hydrogen) atoms. The van der Waals surface area contributed by atoms with Crippen molar-refractivity contribution in [3.8, 4) is 5.75 Å². The van der Waals surface area contributed by atoms with Crippen molar-refractivity contribution >= 4 is 15.7 Å². The number of aryl methyl sites for hydroxylation is 2. The van der Waals surface area contributed by atoms with Crippen LogP contribution in [0.25, 0.3) is 0 Å². The predicted molar refractivity (Wildman–Crippen MR) is 116 cm³/mol. The minimum Gasteiger partial charge on any atom is -0.490 e. The highest BCUT2D eigenvalue weighted by atomic mass is 32.2. The second-order valence-corrected chi connectivity index (χ2v) is 9.98. The number of anilines is 1. The van der Waals surface area contributed by atoms with Gasteiger partial charge in [0, 0.05) is 19.4 Å². The van der Waals surface area contributed by atoms with Crippen LogP contribution in [0.5, 0.6) is 5.75 Å². The fourth-order valence-electron chi connectivity index (χ4n) is 3.55. The van der Waals surface area contributed by atoms with Gasteiger partial charge in [0.05, 0.1) is 23.8 Å². The summed E-state index contributed by atoms with van der Waals surface area (Å²) >= 11 is 0. The minimum absolute atomic E-state index is 0.124. The van der Waals surface area contributed by atoms with Gasteiger partial charge in [-0.05, 0) is 55.7 Å². The Bertz CT molecular complexity index is 916. The van der Waals surface area contributed by atoms with E-state index < -0.39 is 10.0 Å². The first-order chi connectivity index (χ1) is 13.8. The molecular weight excluding hydrogens is 386 g/mol. The molecule has 6 heteroatoms. The highest BCUT2D eigenvalue weighted by Crippen LogP contribution is 2.29. The molecule has 0 N–H and O–H groups in total. The highest BCUT2D eigenvalue weighted by Gasteiger charge is 2.27. The third-order valence-corrected chi connectivity index (χ3v) is 6.83. The maximum absolute atomic E-state index is 13.5. The Morgan fingerprint density at radius 1 is 1.07 bits per heavy atom. The molecule has 2 aromatic carbocycles. The van der Waals surface area contributed by atoms with Crippen molar-refractivity contribution in [1.82, 2.24) is 0 Å². The lowest BCUT2D eigenvalue weighted by atomic mass is 10.1. The Balaban J connectivity index is 1.87. The topological polar surface area (TPSA) is 55.8 Å². The van der Waals surface area contributed by atoms with Gasteiger partial charge in [-0.15, -0.1) is 0 Å². The van der Waals surface area contributed by atoms with Gasteiger partial charge in [0.1, 0.15) is 11.9 Å². The van der Waals surface area contributed by atoms with Gasteiger partial charge in [-0.3, -0.25) is 4.31 Å². The molecule has 0 radical (unpaired) electrons. The van der Waals surface area contributed by atoms with Crippen molar-refractivity contribution in [2.75, 3.05) is 24.1 Å². The van der Waals surface area contributed by atoms with Crippen LogP contribution in [0.4, 0.5) is 5.69 Å². The maximum atomic E-state index is 13.5. The molecule has 0 unspecified atom stereocenters. The fourth-order valence-corrected chi connectivity index (χ4v) is 5.24. The van der Waals surface area contributed by atoms with Crippen LogP contribution in [0.3, 0.4) is 0 Å². The van der Waals surface area contributed by atoms with Crippen molar-refractivity contribution in [1.29, 1.82) is 0 Å². The van der Waals surface area contributed by atoms with Gasteiger partial charge in [0.25, 0.3) is 10.0 Å². The van der Waals surface area contributed by atoms with E-state index in [0.717, 1.165) is 29.7 Å². The zero-order valence-corrected chi connectivity index (χ0v) is 18.5. The molecule has 0 spiro atoms. The normalized spacial score (nSPS) is 15.5. The maximum Gasteiger partial charge on any atom is 0.264 e. The molecule has 1 heterocycles. The molecule has 2 aromatic rings. The number of hydrogen-bond acceptors (Lipinski definition) is 4. The van der Waals surface area contributed by atoms with Crippen LogP contribution < -0.4 is 9.04 Å². The molecule has 0 aliphatic carbocycles. The Hall–Kier alpha value is -2.05. The molecule has 0 aromatic heterocycles. The lowest BCUT2D eigenvalue weighted by molar-refractivity contribution is 0.0255. The second kappa shape index (κ2) is 9.18. The summed E-state index contributed by atoms with van der Waals surface area (Å²) in [6.07, 6.45) is 1.84. The first-order valence-electron chi connectivity index (χ1n) is 10.2. The first kappa shape index (κ1) is 21.7. The Morgan fingerprint density at radius 2 is 1.72 bits per heavy atom. The van der Waals surface area contributed by atoms with Crippen molar-refractivity contribution in [3.05, 3.63) is 53.6 Å². The smallest absolute Gasteiger partial charge is 0.264 e. The van der Waals surface area contributed by atoms with Gasteiger partial charge in [-0.25, -0.2) is 8.42 Å². The number of benzene rings is 2. The SMILES string of the molecule is Cc1ccc(N(CC(C)C)S(=O)(=O)c2ccc(OC3CCOCC3)cc2)c(C)c1. The third-order valence-electron chi connectivity index (χ3n) is 5.03. The molecule has 0 amide bonds. The number of nitrogens with zero attached hydrogens (tertiary/aromatic N) is 1. The lowest BCUT2D eigenvalue weighted by Gasteiger charge is -2.28. The first-order valence-corrected chi connectivity index (χ1v) is 11.7. The van der Waals surface area contributed by atoms with E-state index in [-0.39, 0.29) is 16.9 Å². The summed E-state index contributed by atoms with van der Waals surface area (Å²) in [4.78, 5) is 0.275. The van der Waals surface area contributed by atoms with Crippen LogP contribution in [-0.4, -0.2) is 34.3 Å². The predicted octanol–water partition coefficient (Wildman–Crippen LogP) is 4.71. The molecule has 1 aliphatic heterocycles. The van der Waals surface area contributed by atoms with Gasteiger partial charge < -0.3 is 9.47 Å². The van der Waals surface area contributed by atoms with Gasteiger partial charge in [-0.2, -0.15) is 0 Å². The number of sulfonamides is 1. The molecule has 3 rings (SSSR count). The molecule has 5 nitrogen and oxygen atoms in total. The van der Waals surface area contributed by atoms with Crippen LogP contribution >= 0.6 is 0 Å². The molecule has 0 atom stereocenters. The molecule has 1 saturated heterocycles. The van der Waals surface area contributed by atoms with E-state index in [1.807, 2.05) is 45.9 Å². The summed E-state index contributed by atoms with van der Waals surface area (Å²) < 4.78 is 39.8. The van der Waals surface area contributed by atoms with Crippen LogP contribution in [0.2, 0.25) is 0 Å². The Labute approximate surface area is 174 Å². The van der Waals surface area contributed by atoms with Crippen LogP contribution in [-0.2, 0) is 14.8 Å². The summed E-state index contributed by atoms with van der Waals surface area (Å²) in [5.41, 5.74) is 2.79. The summed E-state index contributed by atoms with van der Waals surface area (Å²) in [5, 5.41) is 0. The van der Waals surface area contributed by atoms with Gasteiger partial charge >= 0.3 is 0 Å². The standard InChI is InChI=1S/C23H31NO4S/c1-17(2)16-24(23-10-5-18(3)15-19(23)4)29(25,26)22-8-6-20(7-9-22)28-21-11-13-27-14-12-21/h5-10,15,17,21H,11-14,16H2,1-4H3. The minimum atomic E-state index is -3.68. The summed E-state index contributed by atoms with van der Waals surface area (Å²) in [6, 6.07) is 12.6. The number of rotatable bonds is 7. The lowest BCUT2D eigenvalue weighted by Crippen LogP contribution is -2.34. The average molecular weight is 418 g/mol. The van der Waals surface area contributed by atoms with Crippen molar-refractivity contribution < 1.29 is 17.9 Å². The van der Waals surface area contributed by atoms with E-state index in [9.17, 15) is 8.42 Å². The largest absolute Gasteiger partial charge is 0.490 e. The fraction of sp³-hybridized carbons (Fsp3) is 0.478. The molecule has 0 saturated carbocycles. The van der Waals surface area contributed by atoms with Gasteiger partial charge in [0.2, 0.25) is 0 Å². The second-order valence-electron chi connectivity index (χ2n) is 8.12. The van der Waals surface area contributed by atoms with Crippen LogP contribution in [0.15, 0.2) is 47.4 Å². The summed E-state index contributed by atoms with van der Waals surface area (Å²) in [6.45, 7) is 9.85. The quantitative estimate of drug-likeness (QED) is 0.654.